The van der Waals surface area contributed by atoms with Crippen molar-refractivity contribution in [2.75, 3.05) is 13.1 Å². The predicted octanol–water partition coefficient (Wildman–Crippen LogP) is 3.57. The van der Waals surface area contributed by atoms with Gasteiger partial charge in [0.2, 0.25) is 11.8 Å². The molecule has 2 amide bonds. The summed E-state index contributed by atoms with van der Waals surface area (Å²) < 4.78 is 2.19. The quantitative estimate of drug-likeness (QED) is 0.639. The molecule has 1 heterocycles. The number of carbonyl (C=O) groups excluding carboxylic acids is 2. The van der Waals surface area contributed by atoms with Gasteiger partial charge in [0.05, 0.1) is 17.6 Å². The van der Waals surface area contributed by atoms with E-state index in [2.05, 4.69) is 26.3 Å². The van der Waals surface area contributed by atoms with Crippen molar-refractivity contribution in [2.24, 2.45) is 23.2 Å². The fraction of sp³-hybridized carbons (Fsp3) is 0.640. The molecule has 4 aliphatic rings. The lowest BCUT2D eigenvalue weighted by molar-refractivity contribution is -0.131. The largest absolute Gasteiger partial charge is 0.355 e. The number of benzene rings is 1. The number of aromatic nitrogens is 2. The van der Waals surface area contributed by atoms with E-state index in [1.807, 2.05) is 25.1 Å². The smallest absolute Gasteiger partial charge is 0.239 e. The van der Waals surface area contributed by atoms with E-state index in [-0.39, 0.29) is 23.8 Å². The first-order valence-electron chi connectivity index (χ1n) is 11.9. The molecule has 4 bridgehead atoms. The molecule has 6 heteroatoms. The molecule has 0 radical (unpaired) electrons. The van der Waals surface area contributed by atoms with Crippen LogP contribution in [0, 0.1) is 30.1 Å². The lowest BCUT2D eigenvalue weighted by Crippen LogP contribution is -2.48. The molecule has 4 fully saturated rings. The maximum atomic E-state index is 12.6. The van der Waals surface area contributed by atoms with E-state index in [0.717, 1.165) is 47.6 Å². The lowest BCUT2D eigenvalue weighted by atomic mass is 9.49. The van der Waals surface area contributed by atoms with Gasteiger partial charge in [0.25, 0.3) is 0 Å². The number of amides is 2. The Bertz CT molecular complexity index is 944. The van der Waals surface area contributed by atoms with E-state index in [0.29, 0.717) is 13.0 Å². The van der Waals surface area contributed by atoms with Crippen LogP contribution in [0.4, 0.5) is 0 Å². The monoisotopic (exact) mass is 422 g/mol. The summed E-state index contributed by atoms with van der Waals surface area (Å²) in [6, 6.07) is 8.12. The molecular formula is C25H34N4O2. The van der Waals surface area contributed by atoms with Crippen LogP contribution in [0.2, 0.25) is 0 Å². The fourth-order valence-corrected chi connectivity index (χ4v) is 7.09. The molecular weight excluding hydrogens is 388 g/mol. The van der Waals surface area contributed by atoms with Gasteiger partial charge in [-0.2, -0.15) is 0 Å². The van der Waals surface area contributed by atoms with Gasteiger partial charge in [0.15, 0.2) is 0 Å². The van der Waals surface area contributed by atoms with Gasteiger partial charge < -0.3 is 15.2 Å². The minimum Gasteiger partial charge on any atom is -0.355 e. The molecule has 0 aliphatic heterocycles. The third-order valence-corrected chi connectivity index (χ3v) is 7.87. The van der Waals surface area contributed by atoms with E-state index in [1.165, 1.54) is 38.5 Å². The molecule has 6 nitrogen and oxygen atoms in total. The highest BCUT2D eigenvalue weighted by Crippen LogP contribution is 2.61. The van der Waals surface area contributed by atoms with Crippen LogP contribution < -0.4 is 10.6 Å². The summed E-state index contributed by atoms with van der Waals surface area (Å²) in [5, 5.41) is 5.82. The van der Waals surface area contributed by atoms with Crippen LogP contribution in [-0.4, -0.2) is 34.5 Å². The molecule has 6 rings (SSSR count). The number of carbonyl (C=O) groups is 2. The van der Waals surface area contributed by atoms with Crippen molar-refractivity contribution in [2.45, 2.75) is 64.8 Å². The van der Waals surface area contributed by atoms with Crippen LogP contribution in [0.3, 0.4) is 0 Å². The van der Waals surface area contributed by atoms with Crippen LogP contribution in [0.15, 0.2) is 24.3 Å². The van der Waals surface area contributed by atoms with Crippen molar-refractivity contribution < 1.29 is 9.59 Å². The summed E-state index contributed by atoms with van der Waals surface area (Å²) >= 11 is 0. The van der Waals surface area contributed by atoms with Gasteiger partial charge >= 0.3 is 0 Å². The molecule has 0 unspecified atom stereocenters. The van der Waals surface area contributed by atoms with Gasteiger partial charge in [-0.3, -0.25) is 9.59 Å². The summed E-state index contributed by atoms with van der Waals surface area (Å²) in [5.74, 6) is 3.48. The average molecular weight is 423 g/mol. The molecule has 2 N–H and O–H groups in total. The summed E-state index contributed by atoms with van der Waals surface area (Å²) in [4.78, 5) is 29.4. The SMILES string of the molecule is Cc1nc2ccccc2n1CCCNC(=O)CNC(=O)CC12CC3CC(CC(C3)C1)C2. The number of nitrogens with one attached hydrogen (secondary N) is 2. The first kappa shape index (κ1) is 20.5. The zero-order valence-corrected chi connectivity index (χ0v) is 18.5. The van der Waals surface area contributed by atoms with Crippen molar-refractivity contribution in [3.8, 4) is 0 Å². The molecule has 4 aliphatic carbocycles. The van der Waals surface area contributed by atoms with E-state index < -0.39 is 0 Å². The number of rotatable bonds is 8. The second-order valence-corrected chi connectivity index (χ2v) is 10.4. The average Bonchev–Trinajstić information content (AvgIpc) is 3.03. The van der Waals surface area contributed by atoms with E-state index in [4.69, 9.17) is 0 Å². The van der Waals surface area contributed by atoms with Crippen molar-refractivity contribution in [1.82, 2.24) is 20.2 Å². The molecule has 1 aromatic heterocycles. The van der Waals surface area contributed by atoms with Crippen LogP contribution >= 0.6 is 0 Å². The number of hydrogen-bond acceptors (Lipinski definition) is 3. The molecule has 1 aromatic carbocycles. The first-order valence-corrected chi connectivity index (χ1v) is 11.9. The van der Waals surface area contributed by atoms with Crippen molar-refractivity contribution in [3.05, 3.63) is 30.1 Å². The van der Waals surface area contributed by atoms with Crippen molar-refractivity contribution in [1.29, 1.82) is 0 Å². The van der Waals surface area contributed by atoms with Gasteiger partial charge in [-0.05, 0) is 87.2 Å². The third kappa shape index (κ3) is 4.35. The fourth-order valence-electron chi connectivity index (χ4n) is 7.09. The third-order valence-electron chi connectivity index (χ3n) is 7.87. The number of fused-ring (bicyclic) bond motifs is 1. The zero-order chi connectivity index (χ0) is 21.4. The van der Waals surface area contributed by atoms with Crippen LogP contribution in [0.25, 0.3) is 11.0 Å². The van der Waals surface area contributed by atoms with Gasteiger partial charge in [-0.25, -0.2) is 4.98 Å². The molecule has 2 aromatic rings. The lowest BCUT2D eigenvalue weighted by Gasteiger charge is -2.56. The van der Waals surface area contributed by atoms with Crippen LogP contribution in [0.1, 0.15) is 57.2 Å². The predicted molar refractivity (Wildman–Crippen MR) is 120 cm³/mol. The van der Waals surface area contributed by atoms with Crippen molar-refractivity contribution >= 4 is 22.8 Å². The highest BCUT2D eigenvalue weighted by atomic mass is 16.2. The number of aryl methyl sites for hydroxylation is 2. The second-order valence-electron chi connectivity index (χ2n) is 10.4. The summed E-state index contributed by atoms with van der Waals surface area (Å²) in [6.07, 6.45) is 9.26. The Balaban J connectivity index is 1.03. The molecule has 4 saturated carbocycles. The summed E-state index contributed by atoms with van der Waals surface area (Å²) in [6.45, 7) is 3.50. The van der Waals surface area contributed by atoms with E-state index >= 15 is 0 Å². The Kier molecular flexibility index (Phi) is 5.49. The minimum absolute atomic E-state index is 0.0533. The van der Waals surface area contributed by atoms with Crippen LogP contribution in [-0.2, 0) is 16.1 Å². The Labute approximate surface area is 184 Å². The Morgan fingerprint density at radius 2 is 1.71 bits per heavy atom. The van der Waals surface area contributed by atoms with E-state index in [9.17, 15) is 9.59 Å². The Morgan fingerprint density at radius 3 is 2.42 bits per heavy atom. The Morgan fingerprint density at radius 1 is 1.03 bits per heavy atom. The number of imidazole rings is 1. The van der Waals surface area contributed by atoms with Gasteiger partial charge in [-0.1, -0.05) is 12.1 Å². The summed E-state index contributed by atoms with van der Waals surface area (Å²) in [5.41, 5.74) is 2.36. The molecule has 0 atom stereocenters. The van der Waals surface area contributed by atoms with Gasteiger partial charge in [0.1, 0.15) is 5.82 Å². The molecule has 31 heavy (non-hydrogen) atoms. The van der Waals surface area contributed by atoms with E-state index in [1.54, 1.807) is 0 Å². The molecule has 0 saturated heterocycles. The molecule has 0 spiro atoms. The standard InChI is InChI=1S/C25H34N4O2/c1-17-28-21-5-2-3-6-22(21)29(17)8-4-7-26-24(31)16-27-23(30)15-25-12-18-9-19(13-25)11-20(10-18)14-25/h2-3,5-6,18-20H,4,7-16H2,1H3,(H,26,31)(H,27,30). The second kappa shape index (κ2) is 8.29. The molecule has 166 valence electrons. The van der Waals surface area contributed by atoms with Gasteiger partial charge in [-0.15, -0.1) is 0 Å². The zero-order valence-electron chi connectivity index (χ0n) is 18.5. The number of hydrogen-bond donors (Lipinski definition) is 2. The van der Waals surface area contributed by atoms with Gasteiger partial charge in [0, 0.05) is 19.5 Å². The summed E-state index contributed by atoms with van der Waals surface area (Å²) in [7, 11) is 0. The minimum atomic E-state index is -0.105. The topological polar surface area (TPSA) is 76.0 Å². The van der Waals surface area contributed by atoms with Crippen LogP contribution in [0.5, 0.6) is 0 Å². The highest BCUT2D eigenvalue weighted by Gasteiger charge is 2.51. The highest BCUT2D eigenvalue weighted by molar-refractivity contribution is 5.85. The number of nitrogens with zero attached hydrogens (tertiary/aromatic N) is 2. The van der Waals surface area contributed by atoms with Crippen molar-refractivity contribution in [3.63, 3.8) is 0 Å². The number of para-hydroxylation sites is 2. The normalized spacial score (nSPS) is 28.7. The first-order chi connectivity index (χ1) is 15.0. The maximum absolute atomic E-state index is 12.6. The Hall–Kier alpha value is -2.37. The maximum Gasteiger partial charge on any atom is 0.239 e.